The quantitative estimate of drug-likeness (QED) is 0.893. The zero-order chi connectivity index (χ0) is 9.97. The molecular formula is C11H14BrClN2. The highest BCUT2D eigenvalue weighted by Gasteiger charge is 2.04. The monoisotopic (exact) mass is 288 g/mol. The predicted octanol–water partition coefficient (Wildman–Crippen LogP) is 3.11. The lowest BCUT2D eigenvalue weighted by Gasteiger charge is -1.98. The lowest BCUT2D eigenvalue weighted by Crippen LogP contribution is -2.09. The van der Waals surface area contributed by atoms with Gasteiger partial charge in [-0.3, -0.25) is 0 Å². The number of rotatable bonds is 3. The van der Waals surface area contributed by atoms with E-state index in [9.17, 15) is 0 Å². The zero-order valence-corrected chi connectivity index (χ0v) is 10.9. The van der Waals surface area contributed by atoms with Crippen molar-refractivity contribution in [1.29, 1.82) is 0 Å². The van der Waals surface area contributed by atoms with Gasteiger partial charge < -0.3 is 10.3 Å². The Morgan fingerprint density at radius 1 is 1.40 bits per heavy atom. The molecule has 0 spiro atoms. The Kier molecular flexibility index (Phi) is 4.64. The van der Waals surface area contributed by atoms with Gasteiger partial charge in [-0.1, -0.05) is 12.1 Å². The van der Waals surface area contributed by atoms with Crippen LogP contribution in [0.2, 0.25) is 0 Å². The molecule has 2 rings (SSSR count). The fourth-order valence-corrected chi connectivity index (χ4v) is 2.12. The van der Waals surface area contributed by atoms with Gasteiger partial charge in [0.1, 0.15) is 0 Å². The smallest absolute Gasteiger partial charge is 0.0601 e. The molecule has 0 aliphatic rings. The summed E-state index contributed by atoms with van der Waals surface area (Å²) in [4.78, 5) is 3.29. The molecule has 0 unspecified atom stereocenters. The van der Waals surface area contributed by atoms with Crippen LogP contribution in [0.1, 0.15) is 5.56 Å². The fraction of sp³-hybridized carbons (Fsp3) is 0.273. The molecular weight excluding hydrogens is 275 g/mol. The molecule has 1 aromatic carbocycles. The second-order valence-electron chi connectivity index (χ2n) is 3.33. The summed E-state index contributed by atoms with van der Waals surface area (Å²) in [5.74, 6) is 0. The number of likely N-dealkylation sites (N-methyl/N-ethyl adjacent to an activating group) is 1. The van der Waals surface area contributed by atoms with Crippen LogP contribution >= 0.6 is 28.3 Å². The molecule has 1 aromatic heterocycles. The number of aromatic amines is 1. The van der Waals surface area contributed by atoms with E-state index in [0.29, 0.717) is 0 Å². The van der Waals surface area contributed by atoms with E-state index < -0.39 is 0 Å². The number of fused-ring (bicyclic) bond motifs is 1. The minimum atomic E-state index is 0. The molecule has 2 N–H and O–H groups in total. The Hall–Kier alpha value is -0.510. The minimum absolute atomic E-state index is 0. The van der Waals surface area contributed by atoms with Crippen LogP contribution < -0.4 is 5.32 Å². The number of benzene rings is 1. The largest absolute Gasteiger partial charge is 0.360 e. The molecule has 0 fully saturated rings. The minimum Gasteiger partial charge on any atom is -0.360 e. The van der Waals surface area contributed by atoms with Crippen molar-refractivity contribution >= 4 is 39.2 Å². The topological polar surface area (TPSA) is 27.8 Å². The van der Waals surface area contributed by atoms with Crippen LogP contribution in [0, 0.1) is 0 Å². The highest BCUT2D eigenvalue weighted by Crippen LogP contribution is 2.25. The maximum absolute atomic E-state index is 3.53. The van der Waals surface area contributed by atoms with Crippen molar-refractivity contribution in [3.05, 3.63) is 34.4 Å². The van der Waals surface area contributed by atoms with Gasteiger partial charge in [0, 0.05) is 16.1 Å². The van der Waals surface area contributed by atoms with E-state index in [0.717, 1.165) is 17.4 Å². The molecule has 0 saturated carbocycles. The summed E-state index contributed by atoms with van der Waals surface area (Å²) in [7, 11) is 1.98. The molecule has 0 bridgehead atoms. The molecule has 0 amide bonds. The zero-order valence-electron chi connectivity index (χ0n) is 8.51. The van der Waals surface area contributed by atoms with Crippen LogP contribution in [0.25, 0.3) is 10.9 Å². The molecule has 0 atom stereocenters. The number of halogens is 2. The van der Waals surface area contributed by atoms with Gasteiger partial charge in [0.05, 0.1) is 5.52 Å². The Labute approximate surface area is 104 Å². The van der Waals surface area contributed by atoms with Gasteiger partial charge in [-0.25, -0.2) is 0 Å². The highest BCUT2D eigenvalue weighted by atomic mass is 79.9. The van der Waals surface area contributed by atoms with Gasteiger partial charge in [-0.2, -0.15) is 0 Å². The third-order valence-corrected chi connectivity index (χ3v) is 3.06. The van der Waals surface area contributed by atoms with Crippen LogP contribution in [0.15, 0.2) is 28.9 Å². The van der Waals surface area contributed by atoms with E-state index in [1.807, 2.05) is 7.05 Å². The third-order valence-electron chi connectivity index (χ3n) is 2.39. The first-order valence-electron chi connectivity index (χ1n) is 4.72. The lowest BCUT2D eigenvalue weighted by molar-refractivity contribution is 0.795. The Balaban J connectivity index is 0.00000112. The molecule has 2 aromatic rings. The maximum Gasteiger partial charge on any atom is 0.0601 e. The van der Waals surface area contributed by atoms with Crippen LogP contribution in [0.4, 0.5) is 0 Å². The van der Waals surface area contributed by atoms with Crippen molar-refractivity contribution in [2.24, 2.45) is 0 Å². The third kappa shape index (κ3) is 2.54. The molecule has 15 heavy (non-hydrogen) atoms. The van der Waals surface area contributed by atoms with E-state index in [2.05, 4.69) is 50.6 Å². The average Bonchev–Trinajstić information content (AvgIpc) is 2.60. The molecule has 0 radical (unpaired) electrons. The summed E-state index contributed by atoms with van der Waals surface area (Å²) in [6, 6.07) is 6.28. The van der Waals surface area contributed by atoms with Crippen LogP contribution in [-0.2, 0) is 6.42 Å². The van der Waals surface area contributed by atoms with E-state index in [1.54, 1.807) is 0 Å². The summed E-state index contributed by atoms with van der Waals surface area (Å²) in [6.45, 7) is 1.01. The number of hydrogen-bond donors (Lipinski definition) is 2. The van der Waals surface area contributed by atoms with Gasteiger partial charge in [0.2, 0.25) is 0 Å². The van der Waals surface area contributed by atoms with Crippen molar-refractivity contribution in [1.82, 2.24) is 10.3 Å². The molecule has 1 heterocycles. The van der Waals surface area contributed by atoms with Crippen LogP contribution in [0.5, 0.6) is 0 Å². The average molecular weight is 290 g/mol. The van der Waals surface area contributed by atoms with Crippen molar-refractivity contribution in [3.8, 4) is 0 Å². The molecule has 0 aliphatic carbocycles. The first kappa shape index (κ1) is 12.6. The Morgan fingerprint density at radius 2 is 2.20 bits per heavy atom. The van der Waals surface area contributed by atoms with E-state index in [4.69, 9.17) is 0 Å². The molecule has 4 heteroatoms. The second kappa shape index (κ2) is 5.54. The Bertz CT molecular complexity index is 439. The van der Waals surface area contributed by atoms with E-state index in [-0.39, 0.29) is 12.4 Å². The summed E-state index contributed by atoms with van der Waals surface area (Å²) in [5, 5.41) is 4.47. The normalized spacial score (nSPS) is 10.3. The van der Waals surface area contributed by atoms with E-state index >= 15 is 0 Å². The second-order valence-corrected chi connectivity index (χ2v) is 4.18. The van der Waals surface area contributed by atoms with Gasteiger partial charge in [-0.05, 0) is 47.6 Å². The molecule has 82 valence electrons. The van der Waals surface area contributed by atoms with Crippen LogP contribution in [-0.4, -0.2) is 18.6 Å². The first-order chi connectivity index (χ1) is 6.83. The van der Waals surface area contributed by atoms with Crippen molar-refractivity contribution in [3.63, 3.8) is 0 Å². The fourth-order valence-electron chi connectivity index (χ4n) is 1.64. The van der Waals surface area contributed by atoms with Crippen molar-refractivity contribution < 1.29 is 0 Å². The number of H-pyrrole nitrogens is 1. The van der Waals surface area contributed by atoms with Crippen molar-refractivity contribution in [2.45, 2.75) is 6.42 Å². The summed E-state index contributed by atoms with van der Waals surface area (Å²) in [6.07, 6.45) is 3.15. The summed E-state index contributed by atoms with van der Waals surface area (Å²) >= 11 is 3.53. The van der Waals surface area contributed by atoms with Gasteiger partial charge in [0.25, 0.3) is 0 Å². The molecule has 0 saturated heterocycles. The number of hydrogen-bond acceptors (Lipinski definition) is 1. The highest BCUT2D eigenvalue weighted by molar-refractivity contribution is 9.10. The summed E-state index contributed by atoms with van der Waals surface area (Å²) in [5.41, 5.74) is 2.56. The number of para-hydroxylation sites is 1. The maximum atomic E-state index is 3.53. The van der Waals surface area contributed by atoms with Gasteiger partial charge in [-0.15, -0.1) is 12.4 Å². The molecule has 2 nitrogen and oxygen atoms in total. The van der Waals surface area contributed by atoms with Crippen LogP contribution in [0.3, 0.4) is 0 Å². The van der Waals surface area contributed by atoms with Gasteiger partial charge in [0.15, 0.2) is 0 Å². The summed E-state index contributed by atoms with van der Waals surface area (Å²) < 4.78 is 1.13. The molecule has 0 aliphatic heterocycles. The standard InChI is InChI=1S/C11H13BrN2.ClH/c1-13-6-5-8-7-14-11-9(8)3-2-4-10(11)12;/h2-4,7,13-14H,5-6H2,1H3;1H. The number of nitrogens with one attached hydrogen (secondary N) is 2. The number of aromatic nitrogens is 1. The van der Waals surface area contributed by atoms with Crippen molar-refractivity contribution in [2.75, 3.05) is 13.6 Å². The SMILES string of the molecule is CNCCc1c[nH]c2c(Br)cccc12.Cl. The van der Waals surface area contributed by atoms with Gasteiger partial charge >= 0.3 is 0 Å². The lowest BCUT2D eigenvalue weighted by atomic mass is 10.1. The Morgan fingerprint density at radius 3 is 2.93 bits per heavy atom. The first-order valence-corrected chi connectivity index (χ1v) is 5.51. The van der Waals surface area contributed by atoms with E-state index in [1.165, 1.54) is 16.5 Å². The predicted molar refractivity (Wildman–Crippen MR) is 70.9 cm³/mol.